The zero-order chi connectivity index (χ0) is 13.1. The number of aromatic nitrogens is 3. The Balaban J connectivity index is 1.93. The van der Waals surface area contributed by atoms with E-state index in [2.05, 4.69) is 10.3 Å². The van der Waals surface area contributed by atoms with E-state index in [-0.39, 0.29) is 18.9 Å². The Kier molecular flexibility index (Phi) is 3.59. The number of amides is 1. The van der Waals surface area contributed by atoms with E-state index in [1.54, 1.807) is 0 Å². The lowest BCUT2D eigenvalue weighted by atomic mass is 10.3. The van der Waals surface area contributed by atoms with Gasteiger partial charge in [-0.2, -0.15) is 0 Å². The monoisotopic (exact) mass is 252 g/mol. The average molecular weight is 252 g/mol. The quantitative estimate of drug-likeness (QED) is 0.764. The Morgan fingerprint density at radius 3 is 2.83 bits per heavy atom. The summed E-state index contributed by atoms with van der Waals surface area (Å²) < 4.78 is 1.39. The number of carbonyl (C=O) groups is 2. The lowest BCUT2D eigenvalue weighted by Gasteiger charge is -2.19. The summed E-state index contributed by atoms with van der Waals surface area (Å²) in [5.41, 5.74) is 0.366. The maximum absolute atomic E-state index is 12.0. The molecule has 1 aliphatic carbocycles. The first-order valence-electron chi connectivity index (χ1n) is 6.00. The summed E-state index contributed by atoms with van der Waals surface area (Å²) >= 11 is 0. The molecule has 7 heteroatoms. The zero-order valence-corrected chi connectivity index (χ0v) is 10.2. The highest BCUT2D eigenvalue weighted by Crippen LogP contribution is 2.26. The fourth-order valence-corrected chi connectivity index (χ4v) is 1.91. The van der Waals surface area contributed by atoms with Gasteiger partial charge in [0.15, 0.2) is 0 Å². The number of hydrogen-bond acceptors (Lipinski definition) is 4. The molecule has 1 saturated carbocycles. The van der Waals surface area contributed by atoms with E-state index >= 15 is 0 Å². The van der Waals surface area contributed by atoms with Crippen LogP contribution < -0.4 is 0 Å². The molecule has 0 aliphatic heterocycles. The number of carboxylic acid groups (broad SMARTS) is 1. The molecule has 7 nitrogen and oxygen atoms in total. The molecule has 0 bridgehead atoms. The van der Waals surface area contributed by atoms with Crippen molar-refractivity contribution in [1.29, 1.82) is 0 Å². The minimum Gasteiger partial charge on any atom is -0.481 e. The van der Waals surface area contributed by atoms with E-state index in [1.165, 1.54) is 10.9 Å². The molecular formula is C11H16N4O3. The molecule has 1 amide bonds. The van der Waals surface area contributed by atoms with E-state index in [0.717, 1.165) is 12.8 Å². The van der Waals surface area contributed by atoms with Gasteiger partial charge in [-0.15, -0.1) is 5.10 Å². The largest absolute Gasteiger partial charge is 0.481 e. The Bertz CT molecular complexity index is 453. The summed E-state index contributed by atoms with van der Waals surface area (Å²) in [6.45, 7) is 2.77. The average Bonchev–Trinajstić information content (AvgIpc) is 3.02. The van der Waals surface area contributed by atoms with Crippen LogP contribution in [0, 0.1) is 0 Å². The van der Waals surface area contributed by atoms with Gasteiger partial charge in [0.1, 0.15) is 6.54 Å². The molecule has 0 aromatic carbocycles. The van der Waals surface area contributed by atoms with Gasteiger partial charge in [0, 0.05) is 18.8 Å². The van der Waals surface area contributed by atoms with Crippen molar-refractivity contribution in [3.63, 3.8) is 0 Å². The Morgan fingerprint density at radius 1 is 1.56 bits per heavy atom. The van der Waals surface area contributed by atoms with Crippen LogP contribution >= 0.6 is 0 Å². The van der Waals surface area contributed by atoms with Gasteiger partial charge in [0.2, 0.25) is 5.91 Å². The topological polar surface area (TPSA) is 88.3 Å². The molecule has 1 N–H and O–H groups in total. The lowest BCUT2D eigenvalue weighted by Crippen LogP contribution is -2.35. The molecule has 0 unspecified atom stereocenters. The zero-order valence-electron chi connectivity index (χ0n) is 10.2. The van der Waals surface area contributed by atoms with Gasteiger partial charge < -0.3 is 10.0 Å². The van der Waals surface area contributed by atoms with Crippen molar-refractivity contribution >= 4 is 11.9 Å². The number of carbonyl (C=O) groups excluding carboxylic acids is 1. The number of likely N-dealkylation sites (N-methyl/N-ethyl adjacent to an activating group) is 1. The summed E-state index contributed by atoms with van der Waals surface area (Å²) in [5, 5.41) is 16.1. The predicted octanol–water partition coefficient (Wildman–Crippen LogP) is -0.0839. The molecule has 1 aliphatic rings. The third-order valence-corrected chi connectivity index (χ3v) is 2.86. The van der Waals surface area contributed by atoms with Gasteiger partial charge in [0.05, 0.1) is 12.1 Å². The van der Waals surface area contributed by atoms with Crippen molar-refractivity contribution in [3.05, 3.63) is 11.9 Å². The molecule has 0 spiro atoms. The van der Waals surface area contributed by atoms with Gasteiger partial charge in [0.25, 0.3) is 0 Å². The van der Waals surface area contributed by atoms with Crippen LogP contribution in [-0.2, 0) is 22.6 Å². The van der Waals surface area contributed by atoms with Crippen LogP contribution in [0.1, 0.15) is 25.5 Å². The summed E-state index contributed by atoms with van der Waals surface area (Å²) in [6.07, 6.45) is 3.48. The second-order valence-electron chi connectivity index (χ2n) is 4.39. The first-order chi connectivity index (χ1) is 8.60. The van der Waals surface area contributed by atoms with Crippen molar-refractivity contribution in [2.45, 2.75) is 38.8 Å². The van der Waals surface area contributed by atoms with Crippen LogP contribution in [0.2, 0.25) is 0 Å². The number of carboxylic acids is 1. The van der Waals surface area contributed by atoms with Crippen LogP contribution in [0.25, 0.3) is 0 Å². The number of nitrogens with zero attached hydrogens (tertiary/aromatic N) is 4. The third kappa shape index (κ3) is 3.06. The highest BCUT2D eigenvalue weighted by molar-refractivity contribution is 5.76. The second-order valence-corrected chi connectivity index (χ2v) is 4.39. The van der Waals surface area contributed by atoms with Crippen molar-refractivity contribution in [1.82, 2.24) is 19.9 Å². The van der Waals surface area contributed by atoms with E-state index in [4.69, 9.17) is 5.11 Å². The molecule has 1 aromatic rings. The lowest BCUT2D eigenvalue weighted by molar-refractivity contribution is -0.136. The molecule has 98 valence electrons. The van der Waals surface area contributed by atoms with Gasteiger partial charge >= 0.3 is 5.97 Å². The molecule has 0 saturated heterocycles. The molecule has 0 radical (unpaired) electrons. The summed E-state index contributed by atoms with van der Waals surface area (Å²) in [6, 6.07) is 0.379. The molecule has 18 heavy (non-hydrogen) atoms. The molecule has 0 atom stereocenters. The number of aliphatic carboxylic acids is 1. The summed E-state index contributed by atoms with van der Waals surface area (Å²) in [5.74, 6) is -0.951. The normalized spacial score (nSPS) is 14.5. The van der Waals surface area contributed by atoms with E-state index in [1.807, 2.05) is 11.8 Å². The van der Waals surface area contributed by atoms with Gasteiger partial charge in [-0.05, 0) is 19.8 Å². The van der Waals surface area contributed by atoms with E-state index in [9.17, 15) is 9.59 Å². The molecule has 2 rings (SSSR count). The molecule has 1 aromatic heterocycles. The Labute approximate surface area is 104 Å². The predicted molar refractivity (Wildman–Crippen MR) is 61.8 cm³/mol. The maximum Gasteiger partial charge on any atom is 0.309 e. The number of hydrogen-bond donors (Lipinski definition) is 1. The minimum atomic E-state index is -0.957. The molecule has 1 fully saturated rings. The first kappa shape index (κ1) is 12.5. The van der Waals surface area contributed by atoms with Crippen molar-refractivity contribution in [3.8, 4) is 0 Å². The van der Waals surface area contributed by atoms with Gasteiger partial charge in [-0.25, -0.2) is 4.68 Å². The van der Waals surface area contributed by atoms with Crippen LogP contribution in [0.4, 0.5) is 0 Å². The molecule has 1 heterocycles. The van der Waals surface area contributed by atoms with Gasteiger partial charge in [-0.3, -0.25) is 9.59 Å². The van der Waals surface area contributed by atoms with Crippen molar-refractivity contribution in [2.24, 2.45) is 0 Å². The smallest absolute Gasteiger partial charge is 0.309 e. The van der Waals surface area contributed by atoms with E-state index in [0.29, 0.717) is 18.3 Å². The van der Waals surface area contributed by atoms with Crippen molar-refractivity contribution in [2.75, 3.05) is 6.54 Å². The highest BCUT2D eigenvalue weighted by Gasteiger charge is 2.31. The Hall–Kier alpha value is -1.92. The maximum atomic E-state index is 12.0. The highest BCUT2D eigenvalue weighted by atomic mass is 16.4. The fourth-order valence-electron chi connectivity index (χ4n) is 1.91. The Morgan fingerprint density at radius 2 is 2.28 bits per heavy atom. The first-order valence-corrected chi connectivity index (χ1v) is 6.00. The SMILES string of the molecule is CCN(C(=O)Cn1cc(CC(=O)O)nn1)C1CC1. The van der Waals surface area contributed by atoms with Crippen LogP contribution in [0.3, 0.4) is 0 Å². The van der Waals surface area contributed by atoms with Crippen LogP contribution in [0.5, 0.6) is 0 Å². The third-order valence-electron chi connectivity index (χ3n) is 2.86. The second kappa shape index (κ2) is 5.16. The van der Waals surface area contributed by atoms with Crippen LogP contribution in [-0.4, -0.2) is 49.5 Å². The van der Waals surface area contributed by atoms with Crippen molar-refractivity contribution < 1.29 is 14.7 Å². The molecular weight excluding hydrogens is 236 g/mol. The minimum absolute atomic E-state index is 0.00627. The number of rotatable bonds is 6. The fraction of sp³-hybridized carbons (Fsp3) is 0.636. The summed E-state index contributed by atoms with van der Waals surface area (Å²) in [4.78, 5) is 24.3. The summed E-state index contributed by atoms with van der Waals surface area (Å²) in [7, 11) is 0. The van der Waals surface area contributed by atoms with Gasteiger partial charge in [-0.1, -0.05) is 5.21 Å². The van der Waals surface area contributed by atoms with E-state index < -0.39 is 5.97 Å². The standard InChI is InChI=1S/C11H16N4O3/c1-2-15(9-3-4-9)10(16)7-14-6-8(12-13-14)5-11(17)18/h6,9H,2-5,7H2,1H3,(H,17,18). The van der Waals surface area contributed by atoms with Crippen LogP contribution in [0.15, 0.2) is 6.20 Å².